The Balaban J connectivity index is 1.73. The fraction of sp³-hybridized carbons (Fsp3) is 0.900. The van der Waals surface area contributed by atoms with Gasteiger partial charge in [0.05, 0.1) is 6.54 Å². The van der Waals surface area contributed by atoms with Gasteiger partial charge in [-0.25, -0.2) is 0 Å². The first-order chi connectivity index (χ1) is 6.24. The average molecular weight is 182 g/mol. The smallest absolute Gasteiger partial charge is 0.231 e. The highest BCUT2D eigenvalue weighted by Gasteiger charge is 2.29. The SMILES string of the molecule is NC(=O)CN(CC1CC1)CC1CC1. The van der Waals surface area contributed by atoms with Crippen LogP contribution in [-0.4, -0.2) is 30.4 Å². The van der Waals surface area contributed by atoms with Gasteiger partial charge in [0.25, 0.3) is 0 Å². The van der Waals surface area contributed by atoms with Crippen molar-refractivity contribution < 1.29 is 4.79 Å². The molecule has 2 N–H and O–H groups in total. The van der Waals surface area contributed by atoms with Gasteiger partial charge < -0.3 is 5.73 Å². The van der Waals surface area contributed by atoms with E-state index in [0.29, 0.717) is 6.54 Å². The van der Waals surface area contributed by atoms with Crippen LogP contribution in [0.2, 0.25) is 0 Å². The summed E-state index contributed by atoms with van der Waals surface area (Å²) in [6.07, 6.45) is 5.39. The van der Waals surface area contributed by atoms with Gasteiger partial charge in [0.15, 0.2) is 0 Å². The molecule has 0 unspecified atom stereocenters. The molecule has 0 bridgehead atoms. The Hall–Kier alpha value is -0.570. The Labute approximate surface area is 79.3 Å². The number of hydrogen-bond acceptors (Lipinski definition) is 2. The quantitative estimate of drug-likeness (QED) is 0.653. The number of hydrogen-bond donors (Lipinski definition) is 1. The van der Waals surface area contributed by atoms with Crippen LogP contribution in [-0.2, 0) is 4.79 Å². The van der Waals surface area contributed by atoms with Crippen LogP contribution >= 0.6 is 0 Å². The first-order valence-electron chi connectivity index (χ1n) is 5.24. The van der Waals surface area contributed by atoms with E-state index in [2.05, 4.69) is 4.90 Å². The topological polar surface area (TPSA) is 46.3 Å². The van der Waals surface area contributed by atoms with Crippen LogP contribution in [0.4, 0.5) is 0 Å². The third kappa shape index (κ3) is 3.35. The highest BCUT2D eigenvalue weighted by Crippen LogP contribution is 2.33. The van der Waals surface area contributed by atoms with Crippen molar-refractivity contribution in [3.8, 4) is 0 Å². The molecular formula is C10H18N2O. The predicted octanol–water partition coefficient (Wildman–Crippen LogP) is 0.594. The molecule has 1 amide bonds. The molecule has 2 saturated carbocycles. The summed E-state index contributed by atoms with van der Waals surface area (Å²) in [5, 5.41) is 0. The monoisotopic (exact) mass is 182 g/mol. The number of primary amides is 1. The van der Waals surface area contributed by atoms with Crippen molar-refractivity contribution in [3.63, 3.8) is 0 Å². The first kappa shape index (κ1) is 9.00. The average Bonchev–Trinajstić information content (AvgIpc) is 2.79. The molecule has 2 rings (SSSR count). The zero-order valence-electron chi connectivity index (χ0n) is 8.04. The maximum atomic E-state index is 10.8. The van der Waals surface area contributed by atoms with E-state index in [1.807, 2.05) is 0 Å². The fourth-order valence-corrected chi connectivity index (χ4v) is 1.76. The van der Waals surface area contributed by atoms with Crippen molar-refractivity contribution in [1.29, 1.82) is 0 Å². The van der Waals surface area contributed by atoms with E-state index in [0.717, 1.165) is 24.9 Å². The molecule has 0 radical (unpaired) electrons. The summed E-state index contributed by atoms with van der Waals surface area (Å²) >= 11 is 0. The van der Waals surface area contributed by atoms with Gasteiger partial charge in [-0.05, 0) is 37.5 Å². The molecule has 3 nitrogen and oxygen atoms in total. The molecule has 0 aliphatic heterocycles. The molecule has 0 aromatic rings. The zero-order valence-corrected chi connectivity index (χ0v) is 8.04. The summed E-state index contributed by atoms with van der Waals surface area (Å²) < 4.78 is 0. The molecule has 2 aliphatic rings. The second kappa shape index (κ2) is 3.66. The van der Waals surface area contributed by atoms with Crippen molar-refractivity contribution in [1.82, 2.24) is 4.90 Å². The first-order valence-corrected chi connectivity index (χ1v) is 5.24. The van der Waals surface area contributed by atoms with Crippen molar-refractivity contribution in [2.75, 3.05) is 19.6 Å². The van der Waals surface area contributed by atoms with E-state index in [1.54, 1.807) is 0 Å². The van der Waals surface area contributed by atoms with Crippen LogP contribution in [0.3, 0.4) is 0 Å². The predicted molar refractivity (Wildman–Crippen MR) is 51.1 cm³/mol. The van der Waals surface area contributed by atoms with Crippen LogP contribution in [0, 0.1) is 11.8 Å². The molecule has 0 aromatic carbocycles. The van der Waals surface area contributed by atoms with E-state index in [-0.39, 0.29) is 5.91 Å². The number of nitrogens with zero attached hydrogens (tertiary/aromatic N) is 1. The van der Waals surface area contributed by atoms with Gasteiger partial charge in [0.1, 0.15) is 0 Å². The van der Waals surface area contributed by atoms with E-state index in [4.69, 9.17) is 5.73 Å². The summed E-state index contributed by atoms with van der Waals surface area (Å²) in [5.74, 6) is 1.54. The second-order valence-electron chi connectivity index (χ2n) is 4.55. The summed E-state index contributed by atoms with van der Waals surface area (Å²) in [6, 6.07) is 0. The van der Waals surface area contributed by atoms with Crippen molar-refractivity contribution in [3.05, 3.63) is 0 Å². The number of amides is 1. The van der Waals surface area contributed by atoms with E-state index < -0.39 is 0 Å². The molecule has 0 saturated heterocycles. The summed E-state index contributed by atoms with van der Waals surface area (Å²) in [7, 11) is 0. The Kier molecular flexibility index (Phi) is 2.54. The Morgan fingerprint density at radius 1 is 1.15 bits per heavy atom. The minimum absolute atomic E-state index is 0.179. The van der Waals surface area contributed by atoms with Gasteiger partial charge in [-0.1, -0.05) is 0 Å². The normalized spacial score (nSPS) is 22.2. The minimum Gasteiger partial charge on any atom is -0.369 e. The summed E-state index contributed by atoms with van der Waals surface area (Å²) in [5.41, 5.74) is 5.21. The Morgan fingerprint density at radius 2 is 1.62 bits per heavy atom. The number of rotatable bonds is 6. The lowest BCUT2D eigenvalue weighted by molar-refractivity contribution is -0.119. The van der Waals surface area contributed by atoms with Crippen molar-refractivity contribution in [2.24, 2.45) is 17.6 Å². The Bertz CT molecular complexity index is 183. The van der Waals surface area contributed by atoms with Gasteiger partial charge >= 0.3 is 0 Å². The number of carbonyl (C=O) groups is 1. The summed E-state index contributed by atoms with van der Waals surface area (Å²) in [4.78, 5) is 13.0. The van der Waals surface area contributed by atoms with Crippen molar-refractivity contribution >= 4 is 5.91 Å². The van der Waals surface area contributed by atoms with Crippen LogP contribution in [0.1, 0.15) is 25.7 Å². The van der Waals surface area contributed by atoms with Gasteiger partial charge in [-0.3, -0.25) is 9.69 Å². The maximum absolute atomic E-state index is 10.8. The van der Waals surface area contributed by atoms with Crippen LogP contribution < -0.4 is 5.73 Å². The highest BCUT2D eigenvalue weighted by atomic mass is 16.1. The van der Waals surface area contributed by atoms with Gasteiger partial charge in [0.2, 0.25) is 5.91 Å². The summed E-state index contributed by atoms with van der Waals surface area (Å²) in [6.45, 7) is 2.66. The lowest BCUT2D eigenvalue weighted by Gasteiger charge is -2.19. The zero-order chi connectivity index (χ0) is 9.26. The van der Waals surface area contributed by atoms with E-state index in [1.165, 1.54) is 25.7 Å². The molecule has 2 fully saturated rings. The number of carbonyl (C=O) groups excluding carboxylic acids is 1. The van der Waals surface area contributed by atoms with Crippen LogP contribution in [0.5, 0.6) is 0 Å². The maximum Gasteiger partial charge on any atom is 0.231 e. The highest BCUT2D eigenvalue weighted by molar-refractivity contribution is 5.75. The third-order valence-corrected chi connectivity index (χ3v) is 2.81. The molecule has 13 heavy (non-hydrogen) atoms. The molecule has 0 atom stereocenters. The number of nitrogens with two attached hydrogens (primary N) is 1. The lowest BCUT2D eigenvalue weighted by atomic mass is 10.3. The molecule has 0 heterocycles. The van der Waals surface area contributed by atoms with Gasteiger partial charge in [-0.2, -0.15) is 0 Å². The molecule has 0 aromatic heterocycles. The van der Waals surface area contributed by atoms with Gasteiger partial charge in [0, 0.05) is 13.1 Å². The van der Waals surface area contributed by atoms with Gasteiger partial charge in [-0.15, -0.1) is 0 Å². The fourth-order valence-electron chi connectivity index (χ4n) is 1.76. The molecular weight excluding hydrogens is 164 g/mol. The standard InChI is InChI=1S/C10H18N2O/c11-10(13)7-12(5-8-1-2-8)6-9-3-4-9/h8-9H,1-7H2,(H2,11,13). The molecule has 3 heteroatoms. The molecule has 74 valence electrons. The molecule has 2 aliphatic carbocycles. The van der Waals surface area contributed by atoms with E-state index >= 15 is 0 Å². The molecule has 0 spiro atoms. The lowest BCUT2D eigenvalue weighted by Crippen LogP contribution is -2.36. The van der Waals surface area contributed by atoms with Crippen LogP contribution in [0.15, 0.2) is 0 Å². The van der Waals surface area contributed by atoms with Crippen molar-refractivity contribution in [2.45, 2.75) is 25.7 Å². The largest absolute Gasteiger partial charge is 0.369 e. The van der Waals surface area contributed by atoms with E-state index in [9.17, 15) is 4.79 Å². The Morgan fingerprint density at radius 3 is 1.92 bits per heavy atom. The second-order valence-corrected chi connectivity index (χ2v) is 4.55. The third-order valence-electron chi connectivity index (χ3n) is 2.81. The minimum atomic E-state index is -0.179. The van der Waals surface area contributed by atoms with Crippen LogP contribution in [0.25, 0.3) is 0 Å².